The number of thioether (sulfide) groups is 1. The van der Waals surface area contributed by atoms with Crippen LogP contribution in [-0.2, 0) is 24.2 Å². The van der Waals surface area contributed by atoms with Crippen molar-refractivity contribution in [2.75, 3.05) is 27.1 Å². The van der Waals surface area contributed by atoms with Crippen LogP contribution in [0, 0.1) is 0 Å². The van der Waals surface area contributed by atoms with E-state index in [0.717, 1.165) is 16.9 Å². The van der Waals surface area contributed by atoms with E-state index in [1.807, 2.05) is 12.1 Å². The van der Waals surface area contributed by atoms with Gasteiger partial charge in [0.05, 0.1) is 27.1 Å². The summed E-state index contributed by atoms with van der Waals surface area (Å²) >= 11 is 1.57. The van der Waals surface area contributed by atoms with Crippen LogP contribution in [0.15, 0.2) is 35.2 Å². The molecule has 3 rings (SSSR count). The molecule has 0 aromatic heterocycles. The van der Waals surface area contributed by atoms with Crippen molar-refractivity contribution >= 4 is 17.7 Å². The Morgan fingerprint density at radius 3 is 2.37 bits per heavy atom. The highest BCUT2D eigenvalue weighted by molar-refractivity contribution is 8.00. The van der Waals surface area contributed by atoms with Gasteiger partial charge in [0.1, 0.15) is 0 Å². The second kappa shape index (κ2) is 9.04. The van der Waals surface area contributed by atoms with Crippen LogP contribution in [0.5, 0.6) is 17.2 Å². The van der Waals surface area contributed by atoms with E-state index in [1.54, 1.807) is 33.1 Å². The van der Waals surface area contributed by atoms with E-state index in [0.29, 0.717) is 29.5 Å². The van der Waals surface area contributed by atoms with E-state index in [4.69, 9.17) is 14.2 Å². The van der Waals surface area contributed by atoms with E-state index >= 15 is 0 Å². The fourth-order valence-corrected chi connectivity index (χ4v) is 4.07. The molecule has 2 aromatic carbocycles. The first-order chi connectivity index (χ1) is 13.1. The molecule has 1 amide bonds. The van der Waals surface area contributed by atoms with Crippen LogP contribution in [0.3, 0.4) is 0 Å². The summed E-state index contributed by atoms with van der Waals surface area (Å²) in [5.41, 5.74) is 3.77. The molecule has 5 nitrogen and oxygen atoms in total. The molecule has 1 aliphatic carbocycles. The first kappa shape index (κ1) is 19.4. The molecule has 0 saturated carbocycles. The van der Waals surface area contributed by atoms with Gasteiger partial charge in [-0.05, 0) is 60.2 Å². The van der Waals surface area contributed by atoms with Gasteiger partial charge < -0.3 is 19.5 Å². The molecule has 1 N–H and O–H groups in total. The molecule has 0 heterocycles. The normalized spacial score (nSPS) is 12.4. The number of rotatable bonds is 8. The minimum Gasteiger partial charge on any atom is -0.493 e. The summed E-state index contributed by atoms with van der Waals surface area (Å²) in [7, 11) is 4.72. The fourth-order valence-electron chi connectivity index (χ4n) is 3.28. The van der Waals surface area contributed by atoms with Gasteiger partial charge in [0.15, 0.2) is 11.5 Å². The zero-order valence-electron chi connectivity index (χ0n) is 16.0. The maximum atomic E-state index is 12.2. The summed E-state index contributed by atoms with van der Waals surface area (Å²) in [6, 6.07) is 10.2. The van der Waals surface area contributed by atoms with Gasteiger partial charge in [-0.25, -0.2) is 0 Å². The Morgan fingerprint density at radius 1 is 1.00 bits per heavy atom. The summed E-state index contributed by atoms with van der Waals surface area (Å²) in [6.45, 7) is 0.403. The molecule has 0 bridgehead atoms. The van der Waals surface area contributed by atoms with Crippen molar-refractivity contribution in [1.82, 2.24) is 5.32 Å². The monoisotopic (exact) mass is 387 g/mol. The van der Waals surface area contributed by atoms with Gasteiger partial charge in [-0.1, -0.05) is 6.07 Å². The molecule has 0 radical (unpaired) electrons. The van der Waals surface area contributed by atoms with Crippen LogP contribution in [0.2, 0.25) is 0 Å². The van der Waals surface area contributed by atoms with Crippen molar-refractivity contribution in [2.45, 2.75) is 30.7 Å². The van der Waals surface area contributed by atoms with Gasteiger partial charge in [0.2, 0.25) is 11.7 Å². The summed E-state index contributed by atoms with van der Waals surface area (Å²) in [5.74, 6) is 2.09. The molecule has 0 fully saturated rings. The van der Waals surface area contributed by atoms with Crippen molar-refractivity contribution in [1.29, 1.82) is 0 Å². The first-order valence-electron chi connectivity index (χ1n) is 8.94. The number of benzene rings is 2. The molecule has 0 aliphatic heterocycles. The third kappa shape index (κ3) is 4.69. The Labute approximate surface area is 164 Å². The number of aryl methyl sites for hydroxylation is 2. The number of carbonyl (C=O) groups is 1. The molecular formula is C21H25NO4S. The number of ether oxygens (including phenoxy) is 3. The smallest absolute Gasteiger partial charge is 0.230 e. The first-order valence-corrected chi connectivity index (χ1v) is 9.93. The average Bonchev–Trinajstić information content (AvgIpc) is 3.17. The van der Waals surface area contributed by atoms with Crippen molar-refractivity contribution in [3.63, 3.8) is 0 Å². The minimum atomic E-state index is -0.00532. The standard InChI is InChI=1S/C21H25NO4S/c1-24-18-9-14(10-19(25-2)21(18)26-3)12-22-20(23)13-27-17-8-7-15-5-4-6-16(15)11-17/h7-11H,4-6,12-13H2,1-3H3,(H,22,23). The Hall–Kier alpha value is -2.34. The van der Waals surface area contributed by atoms with Crippen molar-refractivity contribution in [3.8, 4) is 17.2 Å². The van der Waals surface area contributed by atoms with Crippen LogP contribution in [0.1, 0.15) is 23.1 Å². The number of hydrogen-bond donors (Lipinski definition) is 1. The lowest BCUT2D eigenvalue weighted by atomic mass is 10.1. The highest BCUT2D eigenvalue weighted by Gasteiger charge is 2.14. The molecule has 144 valence electrons. The van der Waals surface area contributed by atoms with Gasteiger partial charge in [0, 0.05) is 11.4 Å². The number of amides is 1. The van der Waals surface area contributed by atoms with Crippen molar-refractivity contribution in [3.05, 3.63) is 47.0 Å². The van der Waals surface area contributed by atoms with Crippen molar-refractivity contribution in [2.24, 2.45) is 0 Å². The molecule has 0 saturated heterocycles. The van der Waals surface area contributed by atoms with Gasteiger partial charge in [-0.15, -0.1) is 11.8 Å². The Kier molecular flexibility index (Phi) is 6.50. The van der Waals surface area contributed by atoms with E-state index in [1.165, 1.54) is 24.0 Å². The van der Waals surface area contributed by atoms with Gasteiger partial charge >= 0.3 is 0 Å². The predicted octanol–water partition coefficient (Wildman–Crippen LogP) is 3.61. The van der Waals surface area contributed by atoms with Crippen LogP contribution in [0.4, 0.5) is 0 Å². The molecule has 27 heavy (non-hydrogen) atoms. The minimum absolute atomic E-state index is 0.00532. The average molecular weight is 388 g/mol. The number of methoxy groups -OCH3 is 3. The molecule has 2 aromatic rings. The van der Waals surface area contributed by atoms with E-state index < -0.39 is 0 Å². The van der Waals surface area contributed by atoms with E-state index in [9.17, 15) is 4.79 Å². The Bertz CT molecular complexity index is 797. The number of nitrogens with one attached hydrogen (secondary N) is 1. The maximum absolute atomic E-state index is 12.2. The summed E-state index contributed by atoms with van der Waals surface area (Å²) in [6.07, 6.45) is 3.56. The SMILES string of the molecule is COc1cc(CNC(=O)CSc2ccc3c(c2)CCC3)cc(OC)c1OC. The summed E-state index contributed by atoms with van der Waals surface area (Å²) in [4.78, 5) is 13.4. The zero-order chi connectivity index (χ0) is 19.2. The topological polar surface area (TPSA) is 56.8 Å². The van der Waals surface area contributed by atoms with E-state index in [2.05, 4.69) is 23.5 Å². The number of hydrogen-bond acceptors (Lipinski definition) is 5. The Balaban J connectivity index is 1.56. The molecular weight excluding hydrogens is 362 g/mol. The lowest BCUT2D eigenvalue weighted by Crippen LogP contribution is -2.24. The molecule has 0 spiro atoms. The van der Waals surface area contributed by atoms with Gasteiger partial charge in [-0.2, -0.15) is 0 Å². The predicted molar refractivity (Wildman–Crippen MR) is 107 cm³/mol. The van der Waals surface area contributed by atoms with Crippen LogP contribution in [-0.4, -0.2) is 33.0 Å². The summed E-state index contributed by atoms with van der Waals surface area (Å²) < 4.78 is 16.0. The van der Waals surface area contributed by atoms with Gasteiger partial charge in [-0.3, -0.25) is 4.79 Å². The Morgan fingerprint density at radius 2 is 1.70 bits per heavy atom. The lowest BCUT2D eigenvalue weighted by molar-refractivity contribution is -0.118. The van der Waals surface area contributed by atoms with Crippen LogP contribution < -0.4 is 19.5 Å². The van der Waals surface area contributed by atoms with Crippen molar-refractivity contribution < 1.29 is 19.0 Å². The summed E-state index contributed by atoms with van der Waals surface area (Å²) in [5, 5.41) is 2.95. The van der Waals surface area contributed by atoms with E-state index in [-0.39, 0.29) is 5.91 Å². The fraction of sp³-hybridized carbons (Fsp3) is 0.381. The quantitative estimate of drug-likeness (QED) is 0.701. The largest absolute Gasteiger partial charge is 0.493 e. The molecule has 0 unspecified atom stereocenters. The zero-order valence-corrected chi connectivity index (χ0v) is 16.8. The number of carbonyl (C=O) groups excluding carboxylic acids is 1. The molecule has 6 heteroatoms. The third-order valence-electron chi connectivity index (χ3n) is 4.65. The highest BCUT2D eigenvalue weighted by atomic mass is 32.2. The van der Waals surface area contributed by atoms with Gasteiger partial charge in [0.25, 0.3) is 0 Å². The second-order valence-corrected chi connectivity index (χ2v) is 7.43. The second-order valence-electron chi connectivity index (χ2n) is 6.38. The third-order valence-corrected chi connectivity index (χ3v) is 5.65. The molecule has 0 atom stereocenters. The lowest BCUT2D eigenvalue weighted by Gasteiger charge is -2.14. The van der Waals surface area contributed by atoms with Crippen LogP contribution in [0.25, 0.3) is 0 Å². The van der Waals surface area contributed by atoms with Crippen LogP contribution >= 0.6 is 11.8 Å². The molecule has 1 aliphatic rings. The highest BCUT2D eigenvalue weighted by Crippen LogP contribution is 2.38. The maximum Gasteiger partial charge on any atom is 0.230 e. The number of fused-ring (bicyclic) bond motifs is 1.